The number of piperidine rings is 1. The molecule has 0 radical (unpaired) electrons. The Morgan fingerprint density at radius 2 is 1.88 bits per heavy atom. The highest BCUT2D eigenvalue weighted by molar-refractivity contribution is 6.20. The second-order valence-electron chi connectivity index (χ2n) is 5.93. The van der Waals surface area contributed by atoms with Crippen LogP contribution in [0.4, 0.5) is 0 Å². The molecule has 1 saturated heterocycles. The number of rotatable bonds is 1. The molecule has 1 aliphatic heterocycles. The van der Waals surface area contributed by atoms with E-state index in [2.05, 4.69) is 13.8 Å². The first kappa shape index (κ1) is 12.2. The summed E-state index contributed by atoms with van der Waals surface area (Å²) in [5.41, 5.74) is 0.203. The molecule has 1 saturated carbocycles. The van der Waals surface area contributed by atoms with Crippen molar-refractivity contribution in [1.82, 2.24) is 4.90 Å². The standard InChI is InChI=1S/C13H22ClNO/c1-13(2)7-3-4-11(13)12(16)15-8-5-10(14)6-9-15/h10-11H,3-9H2,1-2H3. The Balaban J connectivity index is 1.97. The van der Waals surface area contributed by atoms with Crippen molar-refractivity contribution >= 4 is 17.5 Å². The predicted molar refractivity (Wildman–Crippen MR) is 66.6 cm³/mol. The first-order chi connectivity index (χ1) is 7.50. The van der Waals surface area contributed by atoms with Crippen LogP contribution in [0.1, 0.15) is 46.0 Å². The fourth-order valence-corrected chi connectivity index (χ4v) is 3.27. The zero-order valence-electron chi connectivity index (χ0n) is 10.3. The highest BCUT2D eigenvalue weighted by atomic mass is 35.5. The van der Waals surface area contributed by atoms with Gasteiger partial charge in [-0.05, 0) is 31.1 Å². The zero-order chi connectivity index (χ0) is 11.8. The van der Waals surface area contributed by atoms with Crippen molar-refractivity contribution in [2.75, 3.05) is 13.1 Å². The number of likely N-dealkylation sites (tertiary alicyclic amines) is 1. The summed E-state index contributed by atoms with van der Waals surface area (Å²) in [5.74, 6) is 0.630. The molecule has 1 aliphatic carbocycles. The molecule has 2 rings (SSSR count). The summed E-state index contributed by atoms with van der Waals surface area (Å²) in [7, 11) is 0. The summed E-state index contributed by atoms with van der Waals surface area (Å²) in [5, 5.41) is 0.278. The van der Waals surface area contributed by atoms with E-state index in [4.69, 9.17) is 11.6 Å². The van der Waals surface area contributed by atoms with Gasteiger partial charge >= 0.3 is 0 Å². The van der Waals surface area contributed by atoms with Crippen LogP contribution >= 0.6 is 11.6 Å². The van der Waals surface area contributed by atoms with Gasteiger partial charge in [-0.2, -0.15) is 0 Å². The van der Waals surface area contributed by atoms with E-state index in [9.17, 15) is 4.79 Å². The number of carbonyl (C=O) groups excluding carboxylic acids is 1. The normalized spacial score (nSPS) is 30.7. The molecule has 3 heteroatoms. The van der Waals surface area contributed by atoms with Crippen LogP contribution in [-0.2, 0) is 4.79 Å². The molecule has 0 N–H and O–H groups in total. The van der Waals surface area contributed by atoms with Crippen molar-refractivity contribution in [3.63, 3.8) is 0 Å². The lowest BCUT2D eigenvalue weighted by molar-refractivity contribution is -0.139. The second kappa shape index (κ2) is 4.56. The van der Waals surface area contributed by atoms with Crippen LogP contribution in [0.15, 0.2) is 0 Å². The van der Waals surface area contributed by atoms with Gasteiger partial charge < -0.3 is 4.90 Å². The van der Waals surface area contributed by atoms with Gasteiger partial charge in [-0.15, -0.1) is 11.6 Å². The Bertz CT molecular complexity index is 269. The lowest BCUT2D eigenvalue weighted by atomic mass is 9.81. The molecule has 16 heavy (non-hydrogen) atoms. The lowest BCUT2D eigenvalue weighted by Gasteiger charge is -2.35. The number of nitrogens with zero attached hydrogens (tertiary/aromatic N) is 1. The average Bonchev–Trinajstić information content (AvgIpc) is 2.58. The molecule has 0 aromatic carbocycles. The minimum absolute atomic E-state index is 0.203. The highest BCUT2D eigenvalue weighted by Gasteiger charge is 2.41. The number of halogens is 1. The highest BCUT2D eigenvalue weighted by Crippen LogP contribution is 2.43. The van der Waals surface area contributed by atoms with Crippen molar-refractivity contribution in [1.29, 1.82) is 0 Å². The molecule has 0 bridgehead atoms. The summed E-state index contributed by atoms with van der Waals surface area (Å²) >= 11 is 6.06. The largest absolute Gasteiger partial charge is 0.342 e. The number of carbonyl (C=O) groups is 1. The van der Waals surface area contributed by atoms with Gasteiger partial charge in [0.15, 0.2) is 0 Å². The Morgan fingerprint density at radius 3 is 2.38 bits per heavy atom. The summed E-state index contributed by atoms with van der Waals surface area (Å²) in [6.07, 6.45) is 5.39. The van der Waals surface area contributed by atoms with Gasteiger partial charge in [-0.3, -0.25) is 4.79 Å². The van der Waals surface area contributed by atoms with E-state index in [0.717, 1.165) is 32.4 Å². The van der Waals surface area contributed by atoms with Gasteiger partial charge in [0.2, 0.25) is 5.91 Å². The molecule has 0 aromatic heterocycles. The molecule has 1 atom stereocenters. The van der Waals surface area contributed by atoms with Gasteiger partial charge in [-0.25, -0.2) is 0 Å². The lowest BCUT2D eigenvalue weighted by Crippen LogP contribution is -2.44. The quantitative estimate of drug-likeness (QED) is 0.649. The van der Waals surface area contributed by atoms with E-state index >= 15 is 0 Å². The van der Waals surface area contributed by atoms with Crippen molar-refractivity contribution in [2.24, 2.45) is 11.3 Å². The molecule has 92 valence electrons. The van der Waals surface area contributed by atoms with E-state index < -0.39 is 0 Å². The Hall–Kier alpha value is -0.240. The van der Waals surface area contributed by atoms with E-state index in [1.54, 1.807) is 0 Å². The second-order valence-corrected chi connectivity index (χ2v) is 6.55. The number of hydrogen-bond acceptors (Lipinski definition) is 1. The van der Waals surface area contributed by atoms with Crippen molar-refractivity contribution in [3.05, 3.63) is 0 Å². The van der Waals surface area contributed by atoms with Gasteiger partial charge in [0.05, 0.1) is 0 Å². The Labute approximate surface area is 103 Å². The van der Waals surface area contributed by atoms with Crippen LogP contribution in [0.3, 0.4) is 0 Å². The fourth-order valence-electron chi connectivity index (χ4n) is 3.07. The zero-order valence-corrected chi connectivity index (χ0v) is 11.1. The Kier molecular flexibility index (Phi) is 3.48. The molecule has 2 nitrogen and oxygen atoms in total. The smallest absolute Gasteiger partial charge is 0.226 e. The minimum Gasteiger partial charge on any atom is -0.342 e. The maximum absolute atomic E-state index is 12.4. The molecule has 1 unspecified atom stereocenters. The maximum atomic E-state index is 12.4. The SMILES string of the molecule is CC1(C)CCCC1C(=O)N1CCC(Cl)CC1. The van der Waals surface area contributed by atoms with Crippen LogP contribution in [0.5, 0.6) is 0 Å². The van der Waals surface area contributed by atoms with Crippen LogP contribution in [0, 0.1) is 11.3 Å². The van der Waals surface area contributed by atoms with Gasteiger partial charge in [0.25, 0.3) is 0 Å². The Morgan fingerprint density at radius 1 is 1.25 bits per heavy atom. The summed E-state index contributed by atoms with van der Waals surface area (Å²) in [6, 6.07) is 0. The van der Waals surface area contributed by atoms with E-state index in [-0.39, 0.29) is 16.7 Å². The molecule has 0 spiro atoms. The molecular formula is C13H22ClNO. The summed E-state index contributed by atoms with van der Waals surface area (Å²) in [4.78, 5) is 14.4. The van der Waals surface area contributed by atoms with Gasteiger partial charge in [0, 0.05) is 24.4 Å². The molecule has 0 aromatic rings. The van der Waals surface area contributed by atoms with E-state index in [0.29, 0.717) is 5.91 Å². The molecule has 1 amide bonds. The van der Waals surface area contributed by atoms with E-state index in [1.165, 1.54) is 12.8 Å². The van der Waals surface area contributed by atoms with E-state index in [1.807, 2.05) is 4.90 Å². The van der Waals surface area contributed by atoms with Crippen LogP contribution in [0.2, 0.25) is 0 Å². The van der Waals surface area contributed by atoms with Gasteiger partial charge in [0.1, 0.15) is 0 Å². The number of amides is 1. The van der Waals surface area contributed by atoms with Crippen LogP contribution in [0.25, 0.3) is 0 Å². The molecular weight excluding hydrogens is 222 g/mol. The molecule has 2 aliphatic rings. The van der Waals surface area contributed by atoms with Gasteiger partial charge in [-0.1, -0.05) is 20.3 Å². The van der Waals surface area contributed by atoms with Crippen LogP contribution < -0.4 is 0 Å². The minimum atomic E-state index is 0.203. The monoisotopic (exact) mass is 243 g/mol. The first-order valence-corrected chi connectivity index (χ1v) is 6.87. The number of hydrogen-bond donors (Lipinski definition) is 0. The fraction of sp³-hybridized carbons (Fsp3) is 0.923. The van der Waals surface area contributed by atoms with Crippen LogP contribution in [-0.4, -0.2) is 29.3 Å². The summed E-state index contributed by atoms with van der Waals surface area (Å²) in [6.45, 7) is 6.19. The third-order valence-electron chi connectivity index (χ3n) is 4.29. The average molecular weight is 244 g/mol. The molecule has 1 heterocycles. The third kappa shape index (κ3) is 2.37. The maximum Gasteiger partial charge on any atom is 0.226 e. The predicted octanol–water partition coefficient (Wildman–Crippen LogP) is 3.04. The topological polar surface area (TPSA) is 20.3 Å². The first-order valence-electron chi connectivity index (χ1n) is 6.43. The summed E-state index contributed by atoms with van der Waals surface area (Å²) < 4.78 is 0. The van der Waals surface area contributed by atoms with Crippen molar-refractivity contribution < 1.29 is 4.79 Å². The third-order valence-corrected chi connectivity index (χ3v) is 4.73. The molecule has 2 fully saturated rings. The van der Waals surface area contributed by atoms with Crippen molar-refractivity contribution in [3.8, 4) is 0 Å². The van der Waals surface area contributed by atoms with Crippen molar-refractivity contribution in [2.45, 2.75) is 51.3 Å². The number of alkyl halides is 1.